The Hall–Kier alpha value is -1.19. The lowest BCUT2D eigenvalue weighted by Crippen LogP contribution is -2.19. The van der Waals surface area contributed by atoms with Gasteiger partial charge in [0.25, 0.3) is 0 Å². The number of halogens is 1. The molecule has 0 radical (unpaired) electrons. The smallest absolute Gasteiger partial charge is 0.0760 e. The standard InChI is InChI=1S/C16H19BrN2/c1-11(2)12-6-8-13(9-7-12)15(18-3)16-14(17)5-4-10-19-16/h4-11,15,18H,1-3H3. The third-order valence-corrected chi connectivity index (χ3v) is 3.96. The highest BCUT2D eigenvalue weighted by Crippen LogP contribution is 2.27. The van der Waals surface area contributed by atoms with Crippen LogP contribution in [0.1, 0.15) is 42.6 Å². The van der Waals surface area contributed by atoms with Crippen LogP contribution in [0.3, 0.4) is 0 Å². The molecule has 1 heterocycles. The first kappa shape index (κ1) is 14.2. The lowest BCUT2D eigenvalue weighted by atomic mass is 9.97. The zero-order valence-electron chi connectivity index (χ0n) is 11.5. The van der Waals surface area contributed by atoms with Crippen molar-refractivity contribution in [1.29, 1.82) is 0 Å². The molecular formula is C16H19BrN2. The number of benzene rings is 1. The van der Waals surface area contributed by atoms with Gasteiger partial charge >= 0.3 is 0 Å². The Morgan fingerprint density at radius 1 is 1.05 bits per heavy atom. The number of hydrogen-bond acceptors (Lipinski definition) is 2. The second-order valence-corrected chi connectivity index (χ2v) is 5.77. The van der Waals surface area contributed by atoms with E-state index in [1.165, 1.54) is 11.1 Å². The van der Waals surface area contributed by atoms with E-state index in [2.05, 4.69) is 64.3 Å². The van der Waals surface area contributed by atoms with Gasteiger partial charge in [-0.1, -0.05) is 38.1 Å². The highest BCUT2D eigenvalue weighted by Gasteiger charge is 2.16. The SMILES string of the molecule is CNC(c1ccc(C(C)C)cc1)c1ncccc1Br. The van der Waals surface area contributed by atoms with Crippen molar-refractivity contribution in [2.75, 3.05) is 7.05 Å². The molecule has 0 saturated carbocycles. The van der Waals surface area contributed by atoms with Gasteiger partial charge < -0.3 is 5.32 Å². The molecule has 1 unspecified atom stereocenters. The van der Waals surface area contributed by atoms with Crippen molar-refractivity contribution in [3.63, 3.8) is 0 Å². The molecule has 2 nitrogen and oxygen atoms in total. The minimum Gasteiger partial charge on any atom is -0.308 e. The number of rotatable bonds is 4. The fourth-order valence-corrected chi connectivity index (χ4v) is 2.63. The molecule has 0 aliphatic rings. The van der Waals surface area contributed by atoms with Gasteiger partial charge in [0.1, 0.15) is 0 Å². The molecular weight excluding hydrogens is 300 g/mol. The van der Waals surface area contributed by atoms with Gasteiger partial charge in [-0.25, -0.2) is 0 Å². The molecule has 0 amide bonds. The van der Waals surface area contributed by atoms with E-state index in [9.17, 15) is 0 Å². The summed E-state index contributed by atoms with van der Waals surface area (Å²) in [6.07, 6.45) is 1.83. The molecule has 2 rings (SSSR count). The molecule has 100 valence electrons. The van der Waals surface area contributed by atoms with Gasteiger partial charge in [-0.15, -0.1) is 0 Å². The van der Waals surface area contributed by atoms with Gasteiger partial charge in [-0.3, -0.25) is 4.98 Å². The summed E-state index contributed by atoms with van der Waals surface area (Å²) in [6, 6.07) is 12.8. The van der Waals surface area contributed by atoms with Crippen LogP contribution >= 0.6 is 15.9 Å². The molecule has 1 aromatic carbocycles. The fraction of sp³-hybridized carbons (Fsp3) is 0.312. The second-order valence-electron chi connectivity index (χ2n) is 4.91. The maximum absolute atomic E-state index is 4.47. The Morgan fingerprint density at radius 2 is 1.68 bits per heavy atom. The van der Waals surface area contributed by atoms with Crippen molar-refractivity contribution < 1.29 is 0 Å². The second kappa shape index (κ2) is 6.31. The highest BCUT2D eigenvalue weighted by molar-refractivity contribution is 9.10. The summed E-state index contributed by atoms with van der Waals surface area (Å²) < 4.78 is 1.03. The van der Waals surface area contributed by atoms with Gasteiger partial charge in [0.2, 0.25) is 0 Å². The Balaban J connectivity index is 2.35. The summed E-state index contributed by atoms with van der Waals surface area (Å²) in [6.45, 7) is 4.42. The lowest BCUT2D eigenvalue weighted by Gasteiger charge is -2.18. The van der Waals surface area contributed by atoms with Crippen LogP contribution in [0.4, 0.5) is 0 Å². The van der Waals surface area contributed by atoms with Crippen molar-refractivity contribution in [3.05, 3.63) is 63.9 Å². The summed E-state index contributed by atoms with van der Waals surface area (Å²) in [5.41, 5.74) is 3.60. The molecule has 3 heteroatoms. The Labute approximate surface area is 123 Å². The van der Waals surface area contributed by atoms with E-state index in [0.29, 0.717) is 5.92 Å². The maximum atomic E-state index is 4.47. The van der Waals surface area contributed by atoms with E-state index < -0.39 is 0 Å². The van der Waals surface area contributed by atoms with Gasteiger partial charge in [0, 0.05) is 10.7 Å². The Bertz CT molecular complexity index is 535. The highest BCUT2D eigenvalue weighted by atomic mass is 79.9. The zero-order chi connectivity index (χ0) is 13.8. The summed E-state index contributed by atoms with van der Waals surface area (Å²) >= 11 is 3.57. The quantitative estimate of drug-likeness (QED) is 0.910. The monoisotopic (exact) mass is 318 g/mol. The molecule has 19 heavy (non-hydrogen) atoms. The molecule has 0 aliphatic carbocycles. The van der Waals surface area contributed by atoms with Crippen molar-refractivity contribution >= 4 is 15.9 Å². The van der Waals surface area contributed by atoms with Gasteiger partial charge in [0.15, 0.2) is 0 Å². The zero-order valence-corrected chi connectivity index (χ0v) is 13.1. The molecule has 1 N–H and O–H groups in total. The van der Waals surface area contributed by atoms with Crippen LogP contribution in [0.15, 0.2) is 47.1 Å². The van der Waals surface area contributed by atoms with Gasteiger partial charge in [-0.2, -0.15) is 0 Å². The molecule has 1 atom stereocenters. The molecule has 1 aromatic heterocycles. The van der Waals surface area contributed by atoms with Crippen LogP contribution in [-0.4, -0.2) is 12.0 Å². The topological polar surface area (TPSA) is 24.9 Å². The van der Waals surface area contributed by atoms with E-state index in [0.717, 1.165) is 10.2 Å². The van der Waals surface area contributed by atoms with Crippen molar-refractivity contribution in [2.24, 2.45) is 0 Å². The average molecular weight is 319 g/mol. The predicted octanol–water partition coefficient (Wildman–Crippen LogP) is 4.28. The van der Waals surface area contributed by atoms with Gasteiger partial charge in [0.05, 0.1) is 11.7 Å². The van der Waals surface area contributed by atoms with Crippen LogP contribution in [0, 0.1) is 0 Å². The number of nitrogens with one attached hydrogen (secondary N) is 1. The van der Waals surface area contributed by atoms with E-state index in [-0.39, 0.29) is 6.04 Å². The van der Waals surface area contributed by atoms with E-state index in [1.54, 1.807) is 0 Å². The van der Waals surface area contributed by atoms with Crippen LogP contribution in [0.25, 0.3) is 0 Å². The van der Waals surface area contributed by atoms with Crippen LogP contribution in [0.2, 0.25) is 0 Å². The summed E-state index contributed by atoms with van der Waals surface area (Å²) in [7, 11) is 1.96. The van der Waals surface area contributed by atoms with E-state index in [4.69, 9.17) is 0 Å². The first-order chi connectivity index (χ1) is 9.13. The average Bonchev–Trinajstić information content (AvgIpc) is 2.42. The first-order valence-corrected chi connectivity index (χ1v) is 7.30. The van der Waals surface area contributed by atoms with E-state index in [1.807, 2.05) is 25.4 Å². The maximum Gasteiger partial charge on any atom is 0.0760 e. The van der Waals surface area contributed by atoms with Crippen LogP contribution in [0.5, 0.6) is 0 Å². The van der Waals surface area contributed by atoms with Crippen molar-refractivity contribution in [2.45, 2.75) is 25.8 Å². The van der Waals surface area contributed by atoms with Gasteiger partial charge in [-0.05, 0) is 52.2 Å². The Kier molecular flexibility index (Phi) is 4.72. The van der Waals surface area contributed by atoms with Crippen LogP contribution < -0.4 is 5.32 Å². The number of pyridine rings is 1. The minimum atomic E-state index is 0.108. The lowest BCUT2D eigenvalue weighted by molar-refractivity contribution is 0.667. The molecule has 0 spiro atoms. The summed E-state index contributed by atoms with van der Waals surface area (Å²) in [5.74, 6) is 0.559. The minimum absolute atomic E-state index is 0.108. The Morgan fingerprint density at radius 3 is 2.21 bits per heavy atom. The third-order valence-electron chi connectivity index (χ3n) is 3.29. The summed E-state index contributed by atoms with van der Waals surface area (Å²) in [4.78, 5) is 4.47. The number of nitrogens with zero attached hydrogens (tertiary/aromatic N) is 1. The van der Waals surface area contributed by atoms with E-state index >= 15 is 0 Å². The largest absolute Gasteiger partial charge is 0.308 e. The number of hydrogen-bond donors (Lipinski definition) is 1. The van der Waals surface area contributed by atoms with Crippen molar-refractivity contribution in [3.8, 4) is 0 Å². The fourth-order valence-electron chi connectivity index (χ4n) is 2.14. The molecule has 0 saturated heterocycles. The predicted molar refractivity (Wildman–Crippen MR) is 83.4 cm³/mol. The molecule has 2 aromatic rings. The van der Waals surface area contributed by atoms with Crippen molar-refractivity contribution in [1.82, 2.24) is 10.3 Å². The normalized spacial score (nSPS) is 12.7. The third kappa shape index (κ3) is 3.23. The number of aromatic nitrogens is 1. The van der Waals surface area contributed by atoms with Crippen LogP contribution in [-0.2, 0) is 0 Å². The molecule has 0 bridgehead atoms. The molecule has 0 fully saturated rings. The molecule has 0 aliphatic heterocycles. The summed E-state index contributed by atoms with van der Waals surface area (Å²) in [5, 5.41) is 3.33. The first-order valence-electron chi connectivity index (χ1n) is 6.51.